The lowest BCUT2D eigenvalue weighted by molar-refractivity contribution is -0.143. The molecule has 4 aliphatic rings. The second-order valence-corrected chi connectivity index (χ2v) is 12.2. The van der Waals surface area contributed by atoms with Gasteiger partial charge in [-0.25, -0.2) is 4.98 Å². The Morgan fingerprint density at radius 1 is 0.933 bits per heavy atom. The summed E-state index contributed by atoms with van der Waals surface area (Å²) in [6.07, 6.45) is 15.8. The number of imidazole rings is 1. The molecular weight excluding hydrogens is 368 g/mol. The summed E-state index contributed by atoms with van der Waals surface area (Å²) in [5.41, 5.74) is 2.85. The molecule has 2 aromatic heterocycles. The van der Waals surface area contributed by atoms with Gasteiger partial charge >= 0.3 is 0 Å². The van der Waals surface area contributed by atoms with Gasteiger partial charge in [0.15, 0.2) is 0 Å². The predicted molar refractivity (Wildman–Crippen MR) is 120 cm³/mol. The van der Waals surface area contributed by atoms with E-state index < -0.39 is 5.60 Å². The molecule has 2 aromatic rings. The highest BCUT2D eigenvalue weighted by molar-refractivity contribution is 5.40. The standard InChI is InChI=1S/C27H38N2O/c1-25(30)13-14-26(2)18(16-25)7-8-19-20-9-10-22(27(20,3)12-11-21(19)26)23-17-29-15-5-4-6-24(29)28-23/h4-6,15,17-22,30H,7-14,16H2,1-3H3/t18?,19?,20?,21?,22-,25-,26+,27+/m1/s1. The molecule has 3 nitrogen and oxygen atoms in total. The summed E-state index contributed by atoms with van der Waals surface area (Å²) in [5.74, 6) is 3.94. The van der Waals surface area contributed by atoms with Crippen molar-refractivity contribution in [3.8, 4) is 0 Å². The predicted octanol–water partition coefficient (Wildman–Crippen LogP) is 6.21. The van der Waals surface area contributed by atoms with Crippen LogP contribution in [0.3, 0.4) is 0 Å². The second-order valence-electron chi connectivity index (χ2n) is 12.2. The van der Waals surface area contributed by atoms with E-state index in [-0.39, 0.29) is 0 Å². The molecule has 0 aliphatic heterocycles. The van der Waals surface area contributed by atoms with Gasteiger partial charge in [-0.3, -0.25) is 0 Å². The van der Waals surface area contributed by atoms with Gasteiger partial charge in [-0.05, 0) is 111 Å². The molecule has 0 bridgehead atoms. The van der Waals surface area contributed by atoms with Gasteiger partial charge in [-0.1, -0.05) is 19.9 Å². The number of fused-ring (bicyclic) bond motifs is 6. The maximum atomic E-state index is 10.7. The van der Waals surface area contributed by atoms with E-state index in [9.17, 15) is 5.11 Å². The lowest BCUT2D eigenvalue weighted by Gasteiger charge is -2.61. The molecule has 162 valence electrons. The fraction of sp³-hybridized carbons (Fsp3) is 0.741. The molecule has 4 saturated carbocycles. The number of aliphatic hydroxyl groups is 1. The molecule has 4 unspecified atom stereocenters. The topological polar surface area (TPSA) is 37.5 Å². The van der Waals surface area contributed by atoms with E-state index in [1.54, 1.807) is 0 Å². The Morgan fingerprint density at radius 2 is 1.77 bits per heavy atom. The van der Waals surface area contributed by atoms with Gasteiger partial charge in [0.25, 0.3) is 0 Å². The molecule has 0 aromatic carbocycles. The third-order valence-electron chi connectivity index (χ3n) is 10.7. The van der Waals surface area contributed by atoms with Crippen LogP contribution in [0.2, 0.25) is 0 Å². The highest BCUT2D eigenvalue weighted by Crippen LogP contribution is 2.69. The van der Waals surface area contributed by atoms with Gasteiger partial charge in [0.1, 0.15) is 5.65 Å². The molecule has 30 heavy (non-hydrogen) atoms. The summed E-state index contributed by atoms with van der Waals surface area (Å²) >= 11 is 0. The smallest absolute Gasteiger partial charge is 0.136 e. The Kier molecular flexibility index (Phi) is 4.09. The zero-order valence-corrected chi connectivity index (χ0v) is 19.0. The summed E-state index contributed by atoms with van der Waals surface area (Å²) < 4.78 is 2.21. The summed E-state index contributed by atoms with van der Waals surface area (Å²) in [7, 11) is 0. The molecule has 3 heteroatoms. The lowest BCUT2D eigenvalue weighted by Crippen LogP contribution is -2.55. The number of pyridine rings is 1. The number of nitrogens with zero attached hydrogens (tertiary/aromatic N) is 2. The highest BCUT2D eigenvalue weighted by Gasteiger charge is 2.61. The maximum Gasteiger partial charge on any atom is 0.136 e. The number of rotatable bonds is 1. The van der Waals surface area contributed by atoms with Crippen LogP contribution >= 0.6 is 0 Å². The van der Waals surface area contributed by atoms with E-state index in [2.05, 4.69) is 55.8 Å². The van der Waals surface area contributed by atoms with Gasteiger partial charge in [-0.15, -0.1) is 0 Å². The van der Waals surface area contributed by atoms with Gasteiger partial charge < -0.3 is 9.51 Å². The first kappa shape index (κ1) is 19.3. The van der Waals surface area contributed by atoms with Crippen molar-refractivity contribution in [1.82, 2.24) is 9.38 Å². The van der Waals surface area contributed by atoms with Gasteiger partial charge in [-0.2, -0.15) is 0 Å². The monoisotopic (exact) mass is 406 g/mol. The van der Waals surface area contributed by atoms with Crippen LogP contribution in [0.25, 0.3) is 5.65 Å². The highest BCUT2D eigenvalue weighted by atomic mass is 16.3. The molecule has 8 atom stereocenters. The molecule has 0 saturated heterocycles. The van der Waals surface area contributed by atoms with Crippen LogP contribution in [0, 0.1) is 34.5 Å². The minimum Gasteiger partial charge on any atom is -0.390 e. The lowest BCUT2D eigenvalue weighted by atomic mass is 9.44. The Hall–Kier alpha value is -1.35. The van der Waals surface area contributed by atoms with E-state index >= 15 is 0 Å². The fourth-order valence-corrected chi connectivity index (χ4v) is 9.04. The summed E-state index contributed by atoms with van der Waals surface area (Å²) in [6, 6.07) is 6.33. The molecule has 0 spiro atoms. The van der Waals surface area contributed by atoms with Crippen molar-refractivity contribution in [3.63, 3.8) is 0 Å². The average molecular weight is 407 g/mol. The minimum atomic E-state index is -0.429. The van der Waals surface area contributed by atoms with Crippen molar-refractivity contribution in [2.45, 2.75) is 90.1 Å². The van der Waals surface area contributed by atoms with E-state index in [0.717, 1.165) is 42.2 Å². The number of hydrogen-bond donors (Lipinski definition) is 1. The fourth-order valence-electron chi connectivity index (χ4n) is 9.04. The number of aromatic nitrogens is 2. The Balaban J connectivity index is 1.30. The van der Waals surface area contributed by atoms with E-state index in [0.29, 0.717) is 16.7 Å². The van der Waals surface area contributed by atoms with Crippen LogP contribution in [0.4, 0.5) is 0 Å². The van der Waals surface area contributed by atoms with Crippen LogP contribution < -0.4 is 0 Å². The number of hydrogen-bond acceptors (Lipinski definition) is 2. The van der Waals surface area contributed by atoms with E-state index in [1.807, 2.05) is 0 Å². The van der Waals surface area contributed by atoms with E-state index in [4.69, 9.17) is 4.98 Å². The van der Waals surface area contributed by atoms with Crippen molar-refractivity contribution in [1.29, 1.82) is 0 Å². The van der Waals surface area contributed by atoms with Crippen LogP contribution in [-0.4, -0.2) is 20.1 Å². The van der Waals surface area contributed by atoms with Gasteiger partial charge in [0.05, 0.1) is 11.3 Å². The van der Waals surface area contributed by atoms with Crippen LogP contribution in [-0.2, 0) is 0 Å². The van der Waals surface area contributed by atoms with Crippen LogP contribution in [0.5, 0.6) is 0 Å². The average Bonchev–Trinajstić information content (AvgIpc) is 3.28. The molecule has 0 amide bonds. The van der Waals surface area contributed by atoms with Crippen molar-refractivity contribution in [3.05, 3.63) is 36.3 Å². The normalized spacial score (nSPS) is 48.2. The molecular formula is C27H38N2O. The van der Waals surface area contributed by atoms with Crippen molar-refractivity contribution in [2.75, 3.05) is 0 Å². The zero-order chi connectivity index (χ0) is 20.7. The summed E-state index contributed by atoms with van der Waals surface area (Å²) in [5, 5.41) is 10.7. The van der Waals surface area contributed by atoms with Crippen LogP contribution in [0.1, 0.15) is 90.2 Å². The molecule has 4 fully saturated rings. The van der Waals surface area contributed by atoms with Crippen molar-refractivity contribution < 1.29 is 5.11 Å². The Bertz CT molecular complexity index is 930. The maximum absolute atomic E-state index is 10.7. The quantitative estimate of drug-likeness (QED) is 0.611. The third kappa shape index (κ3) is 2.63. The zero-order valence-electron chi connectivity index (χ0n) is 19.0. The molecule has 4 aliphatic carbocycles. The molecule has 0 radical (unpaired) electrons. The second kappa shape index (κ2) is 6.34. The summed E-state index contributed by atoms with van der Waals surface area (Å²) in [6.45, 7) is 7.28. The van der Waals surface area contributed by atoms with Crippen LogP contribution in [0.15, 0.2) is 30.6 Å². The molecule has 6 rings (SSSR count). The van der Waals surface area contributed by atoms with E-state index in [1.165, 1.54) is 50.6 Å². The Labute approximate surface area is 181 Å². The molecule has 2 heterocycles. The largest absolute Gasteiger partial charge is 0.390 e. The first-order valence-corrected chi connectivity index (χ1v) is 12.5. The van der Waals surface area contributed by atoms with Gasteiger partial charge in [0.2, 0.25) is 0 Å². The molecule has 1 N–H and O–H groups in total. The third-order valence-corrected chi connectivity index (χ3v) is 10.7. The Morgan fingerprint density at radius 3 is 2.60 bits per heavy atom. The van der Waals surface area contributed by atoms with Crippen molar-refractivity contribution >= 4 is 5.65 Å². The van der Waals surface area contributed by atoms with Gasteiger partial charge in [0, 0.05) is 18.3 Å². The summed E-state index contributed by atoms with van der Waals surface area (Å²) in [4.78, 5) is 5.07. The minimum absolute atomic E-state index is 0.405. The first-order valence-electron chi connectivity index (χ1n) is 12.5. The first-order chi connectivity index (χ1) is 14.3. The SMILES string of the molecule is C[C@@]1(O)CC[C@@]2(C)C(CCC3C2CC[C@@]2(C)C3CC[C@@H]2c2cn3ccccc3n2)C1. The van der Waals surface area contributed by atoms with Crippen molar-refractivity contribution in [2.24, 2.45) is 34.5 Å².